The summed E-state index contributed by atoms with van der Waals surface area (Å²) in [7, 11) is 0. The predicted molar refractivity (Wildman–Crippen MR) is 95.9 cm³/mol. The number of fused-ring (bicyclic) bond motifs is 1. The molecule has 1 aromatic carbocycles. The molecule has 7 heteroatoms. The van der Waals surface area contributed by atoms with Crippen LogP contribution in [0.3, 0.4) is 0 Å². The van der Waals surface area contributed by atoms with Crippen molar-refractivity contribution in [3.05, 3.63) is 29.8 Å². The molecule has 0 radical (unpaired) electrons. The highest BCUT2D eigenvalue weighted by Crippen LogP contribution is 2.34. The van der Waals surface area contributed by atoms with Crippen LogP contribution in [0.2, 0.25) is 0 Å². The number of nitrogens with zero attached hydrogens (tertiary/aromatic N) is 4. The largest absolute Gasteiger partial charge is 0.454 e. The van der Waals surface area contributed by atoms with Crippen LogP contribution in [0.15, 0.2) is 18.2 Å². The van der Waals surface area contributed by atoms with E-state index in [1.807, 2.05) is 36.9 Å². The number of ether oxygens (including phenoxy) is 2. The zero-order chi connectivity index (χ0) is 18.3. The monoisotopic (exact) mass is 356 g/mol. The van der Waals surface area contributed by atoms with Gasteiger partial charge in [-0.1, -0.05) is 13.8 Å². The molecule has 138 valence electrons. The highest BCUT2D eigenvalue weighted by atomic mass is 16.7. The van der Waals surface area contributed by atoms with E-state index in [0.717, 1.165) is 31.5 Å². The highest BCUT2D eigenvalue weighted by Gasteiger charge is 2.30. The van der Waals surface area contributed by atoms with Gasteiger partial charge < -0.3 is 14.4 Å². The zero-order valence-electron chi connectivity index (χ0n) is 15.4. The lowest BCUT2D eigenvalue weighted by molar-refractivity contribution is 0.0620. The summed E-state index contributed by atoms with van der Waals surface area (Å²) in [6, 6.07) is 5.78. The fourth-order valence-electron chi connectivity index (χ4n) is 3.44. The average Bonchev–Trinajstić information content (AvgIpc) is 3.28. The lowest BCUT2D eigenvalue weighted by Crippen LogP contribution is -2.43. The van der Waals surface area contributed by atoms with E-state index < -0.39 is 0 Å². The second kappa shape index (κ2) is 6.63. The van der Waals surface area contributed by atoms with Crippen LogP contribution in [-0.4, -0.2) is 45.0 Å². The van der Waals surface area contributed by atoms with E-state index in [2.05, 4.69) is 17.0 Å². The number of piperidine rings is 1. The fraction of sp³-hybridized carbons (Fsp3) is 0.526. The third-order valence-electron chi connectivity index (χ3n) is 5.00. The molecule has 0 spiro atoms. The van der Waals surface area contributed by atoms with Crippen molar-refractivity contribution in [2.24, 2.45) is 0 Å². The van der Waals surface area contributed by atoms with Crippen LogP contribution in [-0.2, 0) is 0 Å². The highest BCUT2D eigenvalue weighted by molar-refractivity contribution is 5.91. The molecule has 0 aliphatic carbocycles. The summed E-state index contributed by atoms with van der Waals surface area (Å²) in [5, 5.41) is 4.61. The summed E-state index contributed by atoms with van der Waals surface area (Å²) in [4.78, 5) is 19.7. The molecular weight excluding hydrogens is 332 g/mol. The van der Waals surface area contributed by atoms with Crippen LogP contribution in [0.4, 0.5) is 0 Å². The Hall–Kier alpha value is -2.57. The van der Waals surface area contributed by atoms with E-state index in [9.17, 15) is 4.79 Å². The van der Waals surface area contributed by atoms with Crippen LogP contribution < -0.4 is 9.47 Å². The molecule has 2 aromatic rings. The van der Waals surface area contributed by atoms with Gasteiger partial charge in [-0.15, -0.1) is 0 Å². The van der Waals surface area contributed by atoms with Crippen molar-refractivity contribution < 1.29 is 14.3 Å². The topological polar surface area (TPSA) is 69.5 Å². The summed E-state index contributed by atoms with van der Waals surface area (Å²) in [6.45, 7) is 7.13. The molecule has 0 unspecified atom stereocenters. The maximum Gasteiger partial charge on any atom is 0.292 e. The summed E-state index contributed by atoms with van der Waals surface area (Å²) in [6.07, 6.45) is 3.23. The van der Waals surface area contributed by atoms with E-state index in [1.54, 1.807) is 4.68 Å². The van der Waals surface area contributed by atoms with Gasteiger partial charge in [0.15, 0.2) is 17.3 Å². The van der Waals surface area contributed by atoms with Gasteiger partial charge in [0.25, 0.3) is 5.91 Å². The summed E-state index contributed by atoms with van der Waals surface area (Å²) in [5.41, 5.74) is 0.752. The molecule has 4 rings (SSSR count). The minimum absolute atomic E-state index is 0.0609. The number of amides is 1. The van der Waals surface area contributed by atoms with Crippen LogP contribution in [0, 0.1) is 0 Å². The zero-order valence-corrected chi connectivity index (χ0v) is 15.4. The van der Waals surface area contributed by atoms with Gasteiger partial charge in [0.1, 0.15) is 0 Å². The third-order valence-corrected chi connectivity index (χ3v) is 5.00. The van der Waals surface area contributed by atoms with E-state index in [-0.39, 0.29) is 24.7 Å². The standard InChI is InChI=1S/C19H24N4O3/c1-12(2)17-20-18(19(24)22-9-5-4-6-13(22)3)23(21-17)14-7-8-15-16(10-14)26-11-25-15/h7-8,10,12-13H,4-6,9,11H2,1-3H3/t13-/m0/s1. The predicted octanol–water partition coefficient (Wildman–Crippen LogP) is 3.13. The van der Waals surface area contributed by atoms with Gasteiger partial charge in [-0.05, 0) is 38.3 Å². The van der Waals surface area contributed by atoms with E-state index in [1.165, 1.54) is 0 Å². The van der Waals surface area contributed by atoms with Crippen LogP contribution in [0.1, 0.15) is 62.4 Å². The van der Waals surface area contributed by atoms with Crippen molar-refractivity contribution in [1.82, 2.24) is 19.7 Å². The molecular formula is C19H24N4O3. The minimum atomic E-state index is -0.0609. The second-order valence-electron chi connectivity index (χ2n) is 7.24. The number of aromatic nitrogens is 3. The quantitative estimate of drug-likeness (QED) is 0.845. The normalized spacial score (nSPS) is 19.2. The molecule has 7 nitrogen and oxygen atoms in total. The Bertz CT molecular complexity index is 830. The lowest BCUT2D eigenvalue weighted by Gasteiger charge is -2.33. The van der Waals surface area contributed by atoms with Gasteiger partial charge in [-0.2, -0.15) is 5.10 Å². The van der Waals surface area contributed by atoms with Crippen molar-refractivity contribution >= 4 is 5.91 Å². The van der Waals surface area contributed by atoms with Crippen molar-refractivity contribution in [1.29, 1.82) is 0 Å². The molecule has 1 aromatic heterocycles. The SMILES string of the molecule is CC(C)c1nc(C(=O)N2CCCC[C@@H]2C)n(-c2ccc3c(c2)OCO3)n1. The van der Waals surface area contributed by atoms with E-state index in [4.69, 9.17) is 9.47 Å². The van der Waals surface area contributed by atoms with Gasteiger partial charge in [0.05, 0.1) is 5.69 Å². The molecule has 2 aliphatic rings. The Morgan fingerprint density at radius 2 is 2.04 bits per heavy atom. The van der Waals surface area contributed by atoms with Gasteiger partial charge in [0, 0.05) is 24.6 Å². The molecule has 1 amide bonds. The molecule has 0 saturated carbocycles. The number of carbonyl (C=O) groups excluding carboxylic acids is 1. The minimum Gasteiger partial charge on any atom is -0.454 e. The maximum absolute atomic E-state index is 13.2. The Morgan fingerprint density at radius 1 is 1.23 bits per heavy atom. The summed E-state index contributed by atoms with van der Waals surface area (Å²) < 4.78 is 12.5. The smallest absolute Gasteiger partial charge is 0.292 e. The Balaban J connectivity index is 1.75. The van der Waals surface area contributed by atoms with Crippen LogP contribution >= 0.6 is 0 Å². The molecule has 1 fully saturated rings. The molecule has 3 heterocycles. The molecule has 1 saturated heterocycles. The number of benzene rings is 1. The lowest BCUT2D eigenvalue weighted by atomic mass is 10.0. The van der Waals surface area contributed by atoms with E-state index >= 15 is 0 Å². The maximum atomic E-state index is 13.2. The summed E-state index contributed by atoms with van der Waals surface area (Å²) >= 11 is 0. The first-order valence-corrected chi connectivity index (χ1v) is 9.22. The first-order chi connectivity index (χ1) is 12.5. The molecule has 26 heavy (non-hydrogen) atoms. The van der Waals surface area contributed by atoms with Gasteiger partial charge in [-0.3, -0.25) is 4.79 Å². The van der Waals surface area contributed by atoms with Crippen LogP contribution in [0.25, 0.3) is 5.69 Å². The van der Waals surface area contributed by atoms with Gasteiger partial charge in [-0.25, -0.2) is 9.67 Å². The molecule has 0 bridgehead atoms. The Morgan fingerprint density at radius 3 is 2.81 bits per heavy atom. The van der Waals surface area contributed by atoms with Crippen molar-refractivity contribution in [3.8, 4) is 17.2 Å². The summed E-state index contributed by atoms with van der Waals surface area (Å²) in [5.74, 6) is 2.46. The first kappa shape index (κ1) is 16.9. The number of likely N-dealkylation sites (tertiary alicyclic amines) is 1. The third kappa shape index (κ3) is 2.91. The number of hydrogen-bond donors (Lipinski definition) is 0. The number of hydrogen-bond acceptors (Lipinski definition) is 5. The van der Waals surface area contributed by atoms with Gasteiger partial charge in [0.2, 0.25) is 12.6 Å². The molecule has 1 atom stereocenters. The fourth-order valence-corrected chi connectivity index (χ4v) is 3.44. The molecule has 0 N–H and O–H groups in total. The molecule has 2 aliphatic heterocycles. The van der Waals surface area contributed by atoms with Crippen LogP contribution in [0.5, 0.6) is 11.5 Å². The number of carbonyl (C=O) groups is 1. The Kier molecular flexibility index (Phi) is 4.30. The first-order valence-electron chi connectivity index (χ1n) is 9.22. The van der Waals surface area contributed by atoms with E-state index in [0.29, 0.717) is 23.1 Å². The van der Waals surface area contributed by atoms with Crippen molar-refractivity contribution in [2.45, 2.75) is 52.0 Å². The second-order valence-corrected chi connectivity index (χ2v) is 7.24. The number of rotatable bonds is 3. The van der Waals surface area contributed by atoms with Gasteiger partial charge >= 0.3 is 0 Å². The van der Waals surface area contributed by atoms with Crippen molar-refractivity contribution in [2.75, 3.05) is 13.3 Å². The Labute approximate surface area is 152 Å². The van der Waals surface area contributed by atoms with Crippen molar-refractivity contribution in [3.63, 3.8) is 0 Å². The average molecular weight is 356 g/mol.